The van der Waals surface area contributed by atoms with Gasteiger partial charge in [-0.2, -0.15) is 5.26 Å². The van der Waals surface area contributed by atoms with Gasteiger partial charge in [0.25, 0.3) is 0 Å². The van der Waals surface area contributed by atoms with Gasteiger partial charge < -0.3 is 10.2 Å². The van der Waals surface area contributed by atoms with Crippen molar-refractivity contribution in [2.45, 2.75) is 26.8 Å². The van der Waals surface area contributed by atoms with Crippen LogP contribution in [0.15, 0.2) is 22.7 Å². The first-order chi connectivity index (χ1) is 8.99. The second-order valence-electron chi connectivity index (χ2n) is 4.89. The van der Waals surface area contributed by atoms with Crippen molar-refractivity contribution in [2.75, 3.05) is 25.0 Å². The summed E-state index contributed by atoms with van der Waals surface area (Å²) in [5.41, 5.74) is 2.43. The van der Waals surface area contributed by atoms with Gasteiger partial charge in [-0.05, 0) is 44.2 Å². The molecule has 2 unspecified atom stereocenters. The van der Waals surface area contributed by atoms with E-state index in [9.17, 15) is 0 Å². The third-order valence-corrected chi connectivity index (χ3v) is 3.64. The smallest absolute Gasteiger partial charge is 0.0671 e. The highest BCUT2D eigenvalue weighted by Gasteiger charge is 2.15. The second kappa shape index (κ2) is 7.52. The molecule has 0 saturated heterocycles. The Morgan fingerprint density at radius 2 is 2.11 bits per heavy atom. The van der Waals surface area contributed by atoms with E-state index in [-0.39, 0.29) is 12.0 Å². The molecule has 104 valence electrons. The van der Waals surface area contributed by atoms with Gasteiger partial charge >= 0.3 is 0 Å². The monoisotopic (exact) mass is 323 g/mol. The summed E-state index contributed by atoms with van der Waals surface area (Å²) in [6.45, 7) is 7.89. The number of hydrogen-bond acceptors (Lipinski definition) is 3. The van der Waals surface area contributed by atoms with Gasteiger partial charge in [0.1, 0.15) is 0 Å². The Hall–Kier alpha value is -1.05. The van der Waals surface area contributed by atoms with E-state index in [0.717, 1.165) is 17.6 Å². The van der Waals surface area contributed by atoms with Crippen LogP contribution in [0, 0.1) is 17.2 Å². The SMILES string of the molecule is CCNC(C)c1cc(Br)ccc1N(C)CC(C)C#N. The van der Waals surface area contributed by atoms with Crippen LogP contribution in [0.1, 0.15) is 32.4 Å². The lowest BCUT2D eigenvalue weighted by atomic mass is 10.0. The van der Waals surface area contributed by atoms with Gasteiger partial charge in [-0.25, -0.2) is 0 Å². The van der Waals surface area contributed by atoms with E-state index in [1.54, 1.807) is 0 Å². The molecular weight excluding hydrogens is 302 g/mol. The van der Waals surface area contributed by atoms with Gasteiger partial charge in [0.15, 0.2) is 0 Å². The van der Waals surface area contributed by atoms with Gasteiger partial charge in [0.2, 0.25) is 0 Å². The van der Waals surface area contributed by atoms with Gasteiger partial charge in [-0.3, -0.25) is 0 Å². The van der Waals surface area contributed by atoms with E-state index < -0.39 is 0 Å². The minimum Gasteiger partial charge on any atom is -0.373 e. The Morgan fingerprint density at radius 1 is 1.42 bits per heavy atom. The molecule has 0 amide bonds. The summed E-state index contributed by atoms with van der Waals surface area (Å²) in [6, 6.07) is 8.88. The van der Waals surface area contributed by atoms with Crippen LogP contribution in [-0.4, -0.2) is 20.1 Å². The van der Waals surface area contributed by atoms with E-state index in [4.69, 9.17) is 5.26 Å². The van der Waals surface area contributed by atoms with Gasteiger partial charge in [0.05, 0.1) is 12.0 Å². The third kappa shape index (κ3) is 4.52. The number of benzene rings is 1. The van der Waals surface area contributed by atoms with Gasteiger partial charge in [0, 0.05) is 29.8 Å². The van der Waals surface area contributed by atoms with E-state index in [1.165, 1.54) is 11.3 Å². The number of anilines is 1. The fourth-order valence-electron chi connectivity index (χ4n) is 2.19. The van der Waals surface area contributed by atoms with Crippen LogP contribution >= 0.6 is 15.9 Å². The predicted molar refractivity (Wildman–Crippen MR) is 84.3 cm³/mol. The molecule has 0 aliphatic heterocycles. The summed E-state index contributed by atoms with van der Waals surface area (Å²) >= 11 is 3.53. The molecule has 0 spiro atoms. The number of halogens is 1. The fraction of sp³-hybridized carbons (Fsp3) is 0.533. The lowest BCUT2D eigenvalue weighted by molar-refractivity contribution is 0.595. The molecule has 0 radical (unpaired) electrons. The molecule has 19 heavy (non-hydrogen) atoms. The van der Waals surface area contributed by atoms with Gasteiger partial charge in [-0.15, -0.1) is 0 Å². The van der Waals surface area contributed by atoms with Crippen molar-refractivity contribution in [3.05, 3.63) is 28.2 Å². The largest absolute Gasteiger partial charge is 0.373 e. The minimum absolute atomic E-state index is 0.0240. The number of nitrogens with zero attached hydrogens (tertiary/aromatic N) is 2. The highest BCUT2D eigenvalue weighted by molar-refractivity contribution is 9.10. The van der Waals surface area contributed by atoms with Crippen LogP contribution in [0.4, 0.5) is 5.69 Å². The fourth-order valence-corrected chi connectivity index (χ4v) is 2.56. The molecule has 3 nitrogen and oxygen atoms in total. The molecular formula is C15H22BrN3. The molecule has 4 heteroatoms. The molecule has 2 atom stereocenters. The van der Waals surface area contributed by atoms with E-state index in [0.29, 0.717) is 0 Å². The minimum atomic E-state index is 0.0240. The number of nitriles is 1. The summed E-state index contributed by atoms with van der Waals surface area (Å²) in [4.78, 5) is 2.16. The maximum Gasteiger partial charge on any atom is 0.0671 e. The Labute approximate surface area is 124 Å². The lowest BCUT2D eigenvalue weighted by Gasteiger charge is -2.26. The maximum absolute atomic E-state index is 8.94. The average molecular weight is 324 g/mol. The molecule has 0 saturated carbocycles. The summed E-state index contributed by atoms with van der Waals surface area (Å²) in [5.74, 6) is 0.0240. The molecule has 0 aromatic heterocycles. The number of rotatable bonds is 6. The van der Waals surface area contributed by atoms with Crippen LogP contribution in [0.2, 0.25) is 0 Å². The first-order valence-corrected chi connectivity index (χ1v) is 7.42. The van der Waals surface area contributed by atoms with Crippen LogP contribution < -0.4 is 10.2 Å². The summed E-state index contributed by atoms with van der Waals surface area (Å²) in [6.07, 6.45) is 0. The Morgan fingerprint density at radius 3 is 2.68 bits per heavy atom. The van der Waals surface area contributed by atoms with Crippen molar-refractivity contribution in [2.24, 2.45) is 5.92 Å². The van der Waals surface area contributed by atoms with Gasteiger partial charge in [-0.1, -0.05) is 22.9 Å². The molecule has 0 aliphatic carbocycles. The van der Waals surface area contributed by atoms with Crippen molar-refractivity contribution in [3.8, 4) is 6.07 Å². The molecule has 1 N–H and O–H groups in total. The van der Waals surface area contributed by atoms with Crippen molar-refractivity contribution in [1.29, 1.82) is 5.26 Å². The summed E-state index contributed by atoms with van der Waals surface area (Å²) in [7, 11) is 2.04. The highest BCUT2D eigenvalue weighted by atomic mass is 79.9. The topological polar surface area (TPSA) is 39.1 Å². The van der Waals surface area contributed by atoms with Crippen molar-refractivity contribution >= 4 is 21.6 Å². The third-order valence-electron chi connectivity index (χ3n) is 3.15. The Balaban J connectivity index is 3.02. The maximum atomic E-state index is 8.94. The summed E-state index contributed by atoms with van der Waals surface area (Å²) in [5, 5.41) is 12.4. The zero-order valence-corrected chi connectivity index (χ0v) is 13.7. The van der Waals surface area contributed by atoms with Crippen LogP contribution in [0.3, 0.4) is 0 Å². The molecule has 1 aromatic carbocycles. The average Bonchev–Trinajstić information content (AvgIpc) is 2.38. The van der Waals surface area contributed by atoms with E-state index in [2.05, 4.69) is 58.2 Å². The standard InChI is InChI=1S/C15H22BrN3/c1-5-18-12(3)14-8-13(16)6-7-15(14)19(4)10-11(2)9-17/h6-8,11-12,18H,5,10H2,1-4H3. The van der Waals surface area contributed by atoms with E-state index in [1.807, 2.05) is 20.0 Å². The van der Waals surface area contributed by atoms with Crippen molar-refractivity contribution in [1.82, 2.24) is 5.32 Å². The zero-order chi connectivity index (χ0) is 14.4. The highest BCUT2D eigenvalue weighted by Crippen LogP contribution is 2.29. The van der Waals surface area contributed by atoms with E-state index >= 15 is 0 Å². The first kappa shape index (κ1) is 16.0. The Kier molecular flexibility index (Phi) is 6.33. The summed E-state index contributed by atoms with van der Waals surface area (Å²) < 4.78 is 1.08. The number of nitrogens with one attached hydrogen (secondary N) is 1. The van der Waals surface area contributed by atoms with Crippen molar-refractivity contribution < 1.29 is 0 Å². The Bertz CT molecular complexity index is 453. The van der Waals surface area contributed by atoms with Crippen molar-refractivity contribution in [3.63, 3.8) is 0 Å². The molecule has 1 aromatic rings. The van der Waals surface area contributed by atoms with Crippen LogP contribution in [0.5, 0.6) is 0 Å². The molecule has 0 aliphatic rings. The lowest BCUT2D eigenvalue weighted by Crippen LogP contribution is -2.26. The van der Waals surface area contributed by atoms with Crippen LogP contribution in [-0.2, 0) is 0 Å². The number of hydrogen-bond donors (Lipinski definition) is 1. The molecule has 0 bridgehead atoms. The normalized spacial score (nSPS) is 13.7. The first-order valence-electron chi connectivity index (χ1n) is 6.63. The molecule has 0 heterocycles. The molecule has 0 fully saturated rings. The second-order valence-corrected chi connectivity index (χ2v) is 5.81. The molecule has 1 rings (SSSR count). The predicted octanol–water partition coefficient (Wildman–Crippen LogP) is 3.72. The quantitative estimate of drug-likeness (QED) is 0.867. The van der Waals surface area contributed by atoms with Crippen LogP contribution in [0.25, 0.3) is 0 Å². The zero-order valence-electron chi connectivity index (χ0n) is 12.1.